The molecule has 0 saturated heterocycles. The van der Waals surface area contributed by atoms with E-state index in [-0.39, 0.29) is 11.7 Å². The topological polar surface area (TPSA) is 12.9 Å². The Morgan fingerprint density at radius 2 is 1.93 bits per heavy atom. The molecule has 0 aliphatic heterocycles. The van der Waals surface area contributed by atoms with Crippen molar-refractivity contribution in [2.45, 2.75) is 26.7 Å². The van der Waals surface area contributed by atoms with Gasteiger partial charge < -0.3 is 0 Å². The first kappa shape index (κ1) is 10.1. The van der Waals surface area contributed by atoms with Gasteiger partial charge in [0.05, 0.1) is 5.52 Å². The highest BCUT2D eigenvalue weighted by Gasteiger charge is 2.07. The van der Waals surface area contributed by atoms with Crippen LogP contribution >= 0.6 is 0 Å². The Morgan fingerprint density at radius 3 is 2.60 bits per heavy atom. The van der Waals surface area contributed by atoms with Crippen LogP contribution in [0, 0.1) is 12.7 Å². The standard InChI is InChI=1S/C13H14FN/c1-8(2)13-7-11(14)10-6-9(3)4-5-12(10)15-13/h4-8H,1-3H3. The SMILES string of the molecule is Cc1ccc2nc(C(C)C)cc(F)c2c1. The lowest BCUT2D eigenvalue weighted by Gasteiger charge is -2.07. The Morgan fingerprint density at radius 1 is 1.20 bits per heavy atom. The molecule has 1 aromatic heterocycles. The van der Waals surface area contributed by atoms with Gasteiger partial charge in [0.2, 0.25) is 0 Å². The lowest BCUT2D eigenvalue weighted by molar-refractivity contribution is 0.632. The van der Waals surface area contributed by atoms with Gasteiger partial charge in [-0.1, -0.05) is 25.5 Å². The molecular weight excluding hydrogens is 189 g/mol. The Labute approximate surface area is 89.0 Å². The second-order valence-corrected chi connectivity index (χ2v) is 4.20. The van der Waals surface area contributed by atoms with Crippen molar-refractivity contribution >= 4 is 10.9 Å². The molecule has 1 aromatic carbocycles. The molecule has 15 heavy (non-hydrogen) atoms. The Kier molecular flexibility index (Phi) is 2.43. The fourth-order valence-corrected chi connectivity index (χ4v) is 1.61. The first-order valence-corrected chi connectivity index (χ1v) is 5.14. The average Bonchev–Trinajstić information content (AvgIpc) is 2.18. The van der Waals surface area contributed by atoms with E-state index in [0.29, 0.717) is 5.39 Å². The van der Waals surface area contributed by atoms with Gasteiger partial charge in [0.25, 0.3) is 0 Å². The van der Waals surface area contributed by atoms with Crippen molar-refractivity contribution in [2.24, 2.45) is 0 Å². The summed E-state index contributed by atoms with van der Waals surface area (Å²) in [4.78, 5) is 4.44. The summed E-state index contributed by atoms with van der Waals surface area (Å²) in [5, 5.41) is 0.611. The largest absolute Gasteiger partial charge is 0.252 e. The summed E-state index contributed by atoms with van der Waals surface area (Å²) in [5.41, 5.74) is 2.61. The molecule has 2 rings (SSSR count). The summed E-state index contributed by atoms with van der Waals surface area (Å²) >= 11 is 0. The van der Waals surface area contributed by atoms with E-state index in [0.717, 1.165) is 16.8 Å². The first-order chi connectivity index (χ1) is 7.08. The van der Waals surface area contributed by atoms with Crippen LogP contribution in [0.5, 0.6) is 0 Å². The molecule has 0 bridgehead atoms. The smallest absolute Gasteiger partial charge is 0.134 e. The molecule has 0 saturated carbocycles. The summed E-state index contributed by atoms with van der Waals surface area (Å²) in [5.74, 6) is 0.0811. The molecule has 0 atom stereocenters. The molecule has 0 amide bonds. The lowest BCUT2D eigenvalue weighted by Crippen LogP contribution is -1.95. The van der Waals surface area contributed by atoms with E-state index in [2.05, 4.69) is 4.98 Å². The Balaban J connectivity index is 2.73. The zero-order valence-electron chi connectivity index (χ0n) is 9.21. The monoisotopic (exact) mass is 203 g/mol. The summed E-state index contributed by atoms with van der Waals surface area (Å²) in [6, 6.07) is 7.20. The van der Waals surface area contributed by atoms with Crippen molar-refractivity contribution in [3.63, 3.8) is 0 Å². The van der Waals surface area contributed by atoms with Crippen LogP contribution in [0.4, 0.5) is 4.39 Å². The number of nitrogens with zero attached hydrogens (tertiary/aromatic N) is 1. The van der Waals surface area contributed by atoms with E-state index in [1.165, 1.54) is 6.07 Å². The van der Waals surface area contributed by atoms with Crippen LogP contribution < -0.4 is 0 Å². The Bertz CT molecular complexity index is 503. The second-order valence-electron chi connectivity index (χ2n) is 4.20. The van der Waals surface area contributed by atoms with Crippen LogP contribution in [0.2, 0.25) is 0 Å². The van der Waals surface area contributed by atoms with Gasteiger partial charge in [0.1, 0.15) is 5.82 Å². The Hall–Kier alpha value is -1.44. The second kappa shape index (κ2) is 3.61. The van der Waals surface area contributed by atoms with Crippen LogP contribution in [0.3, 0.4) is 0 Å². The highest BCUT2D eigenvalue weighted by Crippen LogP contribution is 2.21. The number of fused-ring (bicyclic) bond motifs is 1. The summed E-state index contributed by atoms with van der Waals surface area (Å²) < 4.78 is 13.7. The third kappa shape index (κ3) is 1.84. The minimum absolute atomic E-state index is 0.174. The summed E-state index contributed by atoms with van der Waals surface area (Å²) in [6.07, 6.45) is 0. The summed E-state index contributed by atoms with van der Waals surface area (Å²) in [6.45, 7) is 5.98. The van der Waals surface area contributed by atoms with Gasteiger partial charge in [0, 0.05) is 11.1 Å². The minimum Gasteiger partial charge on any atom is -0.252 e. The van der Waals surface area contributed by atoms with E-state index in [1.54, 1.807) is 0 Å². The fraction of sp³-hybridized carbons (Fsp3) is 0.308. The minimum atomic E-state index is -0.174. The number of hydrogen-bond donors (Lipinski definition) is 0. The predicted octanol–water partition coefficient (Wildman–Crippen LogP) is 3.81. The number of benzene rings is 1. The van der Waals surface area contributed by atoms with Gasteiger partial charge in [-0.05, 0) is 31.0 Å². The molecular formula is C13H14FN. The quantitative estimate of drug-likeness (QED) is 0.686. The third-order valence-corrected chi connectivity index (χ3v) is 2.53. The lowest BCUT2D eigenvalue weighted by atomic mass is 10.1. The van der Waals surface area contributed by atoms with E-state index in [4.69, 9.17) is 0 Å². The zero-order chi connectivity index (χ0) is 11.0. The van der Waals surface area contributed by atoms with Crippen molar-refractivity contribution in [1.82, 2.24) is 4.98 Å². The van der Waals surface area contributed by atoms with Crippen LogP contribution in [-0.2, 0) is 0 Å². The molecule has 1 nitrogen and oxygen atoms in total. The number of aromatic nitrogens is 1. The van der Waals surface area contributed by atoms with Crippen molar-refractivity contribution < 1.29 is 4.39 Å². The van der Waals surface area contributed by atoms with Crippen LogP contribution in [0.25, 0.3) is 10.9 Å². The maximum absolute atomic E-state index is 13.7. The van der Waals surface area contributed by atoms with Crippen LogP contribution in [0.15, 0.2) is 24.3 Å². The number of halogens is 1. The highest BCUT2D eigenvalue weighted by molar-refractivity contribution is 5.80. The van der Waals surface area contributed by atoms with Crippen molar-refractivity contribution in [2.75, 3.05) is 0 Å². The van der Waals surface area contributed by atoms with Gasteiger partial charge in [-0.2, -0.15) is 0 Å². The van der Waals surface area contributed by atoms with E-state index >= 15 is 0 Å². The van der Waals surface area contributed by atoms with Gasteiger partial charge in [-0.25, -0.2) is 4.39 Å². The molecule has 2 heteroatoms. The number of pyridine rings is 1. The van der Waals surface area contributed by atoms with E-state index < -0.39 is 0 Å². The van der Waals surface area contributed by atoms with Gasteiger partial charge in [0.15, 0.2) is 0 Å². The molecule has 0 N–H and O–H groups in total. The normalized spacial score (nSPS) is 11.3. The van der Waals surface area contributed by atoms with Crippen molar-refractivity contribution in [1.29, 1.82) is 0 Å². The maximum atomic E-state index is 13.7. The van der Waals surface area contributed by atoms with E-state index in [9.17, 15) is 4.39 Å². The van der Waals surface area contributed by atoms with Gasteiger partial charge in [-0.3, -0.25) is 4.98 Å². The molecule has 0 radical (unpaired) electrons. The zero-order valence-corrected chi connectivity index (χ0v) is 9.21. The predicted molar refractivity (Wildman–Crippen MR) is 60.5 cm³/mol. The van der Waals surface area contributed by atoms with Gasteiger partial charge in [-0.15, -0.1) is 0 Å². The molecule has 78 valence electrons. The average molecular weight is 203 g/mol. The van der Waals surface area contributed by atoms with Gasteiger partial charge >= 0.3 is 0 Å². The number of rotatable bonds is 1. The molecule has 1 heterocycles. The number of hydrogen-bond acceptors (Lipinski definition) is 1. The van der Waals surface area contributed by atoms with Crippen molar-refractivity contribution in [3.8, 4) is 0 Å². The molecule has 0 aliphatic carbocycles. The molecule has 0 spiro atoms. The first-order valence-electron chi connectivity index (χ1n) is 5.14. The fourth-order valence-electron chi connectivity index (χ4n) is 1.61. The maximum Gasteiger partial charge on any atom is 0.134 e. The highest BCUT2D eigenvalue weighted by atomic mass is 19.1. The molecule has 0 fully saturated rings. The third-order valence-electron chi connectivity index (χ3n) is 2.53. The van der Waals surface area contributed by atoms with Crippen LogP contribution in [0.1, 0.15) is 31.0 Å². The molecule has 0 unspecified atom stereocenters. The molecule has 2 aromatic rings. The summed E-state index contributed by atoms with van der Waals surface area (Å²) in [7, 11) is 0. The van der Waals surface area contributed by atoms with Crippen molar-refractivity contribution in [3.05, 3.63) is 41.3 Å². The number of aryl methyl sites for hydroxylation is 1. The molecule has 0 aliphatic rings. The van der Waals surface area contributed by atoms with Crippen LogP contribution in [-0.4, -0.2) is 4.98 Å². The van der Waals surface area contributed by atoms with E-state index in [1.807, 2.05) is 39.0 Å².